The summed E-state index contributed by atoms with van der Waals surface area (Å²) in [6.45, 7) is 12.4. The maximum atomic E-state index is 3.99. The SMILES string of the molecule is C=C[C@H](CCC#CCCCC)[C@@H](C=C)CCC#CCCCC. The maximum absolute atomic E-state index is 3.99. The van der Waals surface area contributed by atoms with Gasteiger partial charge in [0.2, 0.25) is 0 Å². The molecule has 0 aliphatic carbocycles. The summed E-state index contributed by atoms with van der Waals surface area (Å²) in [5.41, 5.74) is 0. The van der Waals surface area contributed by atoms with Crippen LogP contribution >= 0.6 is 0 Å². The second-order valence-corrected chi connectivity index (χ2v) is 5.79. The van der Waals surface area contributed by atoms with E-state index in [4.69, 9.17) is 0 Å². The van der Waals surface area contributed by atoms with Crippen molar-refractivity contribution < 1.29 is 0 Å². The van der Waals surface area contributed by atoms with Gasteiger partial charge in [0.1, 0.15) is 0 Å². The van der Waals surface area contributed by atoms with Crippen molar-refractivity contribution in [2.75, 3.05) is 0 Å². The molecule has 0 heteroatoms. The summed E-state index contributed by atoms with van der Waals surface area (Å²) in [7, 11) is 0. The maximum Gasteiger partial charge on any atom is 0.00945 e. The highest BCUT2D eigenvalue weighted by atomic mass is 14.2. The van der Waals surface area contributed by atoms with Gasteiger partial charge in [0.25, 0.3) is 0 Å². The van der Waals surface area contributed by atoms with Crippen molar-refractivity contribution in [1.29, 1.82) is 0 Å². The van der Waals surface area contributed by atoms with Gasteiger partial charge in [0, 0.05) is 25.7 Å². The van der Waals surface area contributed by atoms with Gasteiger partial charge in [-0.3, -0.25) is 0 Å². The molecule has 0 aliphatic rings. The van der Waals surface area contributed by atoms with Crippen molar-refractivity contribution >= 4 is 0 Å². The largest absolute Gasteiger partial charge is 0.103 e. The topological polar surface area (TPSA) is 0 Å². The molecule has 0 unspecified atom stereocenters. The molecule has 2 atom stereocenters. The lowest BCUT2D eigenvalue weighted by Crippen LogP contribution is -2.10. The Labute approximate surface area is 139 Å². The lowest BCUT2D eigenvalue weighted by Gasteiger charge is -2.19. The van der Waals surface area contributed by atoms with Gasteiger partial charge in [-0.1, -0.05) is 38.8 Å². The third-order valence-electron chi connectivity index (χ3n) is 3.92. The number of unbranched alkanes of at least 4 members (excludes halogenated alkanes) is 4. The predicted molar refractivity (Wildman–Crippen MR) is 100 cm³/mol. The summed E-state index contributed by atoms with van der Waals surface area (Å²) in [6.07, 6.45) is 15.2. The third-order valence-corrected chi connectivity index (χ3v) is 3.92. The van der Waals surface area contributed by atoms with Crippen molar-refractivity contribution in [1.82, 2.24) is 0 Å². The van der Waals surface area contributed by atoms with Gasteiger partial charge in [-0.05, 0) is 37.5 Å². The monoisotopic (exact) mass is 298 g/mol. The lowest BCUT2D eigenvalue weighted by atomic mass is 9.85. The fourth-order valence-corrected chi connectivity index (χ4v) is 2.37. The van der Waals surface area contributed by atoms with Gasteiger partial charge in [-0.2, -0.15) is 0 Å². The van der Waals surface area contributed by atoms with Crippen molar-refractivity contribution in [3.8, 4) is 23.7 Å². The summed E-state index contributed by atoms with van der Waals surface area (Å²) < 4.78 is 0. The average molecular weight is 299 g/mol. The van der Waals surface area contributed by atoms with Gasteiger partial charge in [-0.15, -0.1) is 36.8 Å². The minimum absolute atomic E-state index is 0.482. The molecule has 0 saturated carbocycles. The van der Waals surface area contributed by atoms with E-state index in [1.807, 2.05) is 0 Å². The van der Waals surface area contributed by atoms with Crippen LogP contribution in [-0.2, 0) is 0 Å². The van der Waals surface area contributed by atoms with Crippen molar-refractivity contribution in [3.63, 3.8) is 0 Å². The molecule has 0 aromatic rings. The van der Waals surface area contributed by atoms with E-state index in [0.29, 0.717) is 11.8 Å². The molecular formula is C22H34. The number of hydrogen-bond donors (Lipinski definition) is 0. The fourth-order valence-electron chi connectivity index (χ4n) is 2.37. The average Bonchev–Trinajstić information content (AvgIpc) is 2.54. The highest BCUT2D eigenvalue weighted by Gasteiger charge is 2.14. The lowest BCUT2D eigenvalue weighted by molar-refractivity contribution is 0.430. The molecule has 0 fully saturated rings. The standard InChI is InChI=1S/C22H34/c1-5-9-11-13-15-17-19-21(7-3)22(8-4)20-18-16-14-12-10-6-2/h7-8,21-22H,3-6,9-12,17-20H2,1-2H3/t21-,22+. The molecule has 0 bridgehead atoms. The van der Waals surface area contributed by atoms with E-state index in [1.54, 1.807) is 0 Å². The first-order chi connectivity index (χ1) is 10.8. The number of allylic oxidation sites excluding steroid dienone is 2. The molecule has 0 saturated heterocycles. The third kappa shape index (κ3) is 11.3. The molecule has 0 spiro atoms. The van der Waals surface area contributed by atoms with Gasteiger partial charge in [-0.25, -0.2) is 0 Å². The van der Waals surface area contributed by atoms with Crippen LogP contribution in [0.3, 0.4) is 0 Å². The first-order valence-corrected chi connectivity index (χ1v) is 8.96. The van der Waals surface area contributed by atoms with E-state index in [0.717, 1.165) is 38.5 Å². The second-order valence-electron chi connectivity index (χ2n) is 5.79. The Morgan fingerprint density at radius 2 is 1.05 bits per heavy atom. The summed E-state index contributed by atoms with van der Waals surface area (Å²) in [5.74, 6) is 14.1. The van der Waals surface area contributed by atoms with Crippen molar-refractivity contribution in [2.45, 2.75) is 78.1 Å². The van der Waals surface area contributed by atoms with Crippen LogP contribution < -0.4 is 0 Å². The zero-order valence-electron chi connectivity index (χ0n) is 14.8. The Bertz CT molecular complexity index is 353. The number of hydrogen-bond acceptors (Lipinski definition) is 0. The van der Waals surface area contributed by atoms with E-state index in [-0.39, 0.29) is 0 Å². The molecule has 0 N–H and O–H groups in total. The van der Waals surface area contributed by atoms with Gasteiger partial charge in [0.05, 0.1) is 0 Å². The Hall–Kier alpha value is -1.40. The van der Waals surface area contributed by atoms with Gasteiger partial charge in [0.15, 0.2) is 0 Å². The Balaban J connectivity index is 4.11. The summed E-state index contributed by atoms with van der Waals surface area (Å²) >= 11 is 0. The zero-order chi connectivity index (χ0) is 16.5. The quantitative estimate of drug-likeness (QED) is 0.231. The molecule has 0 heterocycles. The zero-order valence-corrected chi connectivity index (χ0v) is 14.8. The smallest absolute Gasteiger partial charge is 0.00945 e. The number of rotatable bonds is 11. The Kier molecular flexibility index (Phi) is 15.0. The molecular weight excluding hydrogens is 264 g/mol. The Morgan fingerprint density at radius 1 is 0.682 bits per heavy atom. The van der Waals surface area contributed by atoms with Crippen molar-refractivity contribution in [3.05, 3.63) is 25.3 Å². The van der Waals surface area contributed by atoms with Gasteiger partial charge < -0.3 is 0 Å². The van der Waals surface area contributed by atoms with Crippen LogP contribution in [-0.4, -0.2) is 0 Å². The molecule has 0 rings (SSSR count). The highest BCUT2D eigenvalue weighted by molar-refractivity contribution is 5.03. The van der Waals surface area contributed by atoms with E-state index >= 15 is 0 Å². The van der Waals surface area contributed by atoms with Crippen LogP contribution in [0.25, 0.3) is 0 Å². The molecule has 0 aromatic heterocycles. The molecule has 0 nitrogen and oxygen atoms in total. The van der Waals surface area contributed by atoms with Crippen LogP contribution in [0.1, 0.15) is 78.1 Å². The normalized spacial score (nSPS) is 12.3. The molecule has 0 radical (unpaired) electrons. The first-order valence-electron chi connectivity index (χ1n) is 8.96. The second kappa shape index (κ2) is 16.0. The minimum Gasteiger partial charge on any atom is -0.103 e. The van der Waals surface area contributed by atoms with E-state index in [9.17, 15) is 0 Å². The molecule has 22 heavy (non-hydrogen) atoms. The molecule has 0 aromatic carbocycles. The van der Waals surface area contributed by atoms with E-state index in [2.05, 4.69) is 62.8 Å². The summed E-state index contributed by atoms with van der Waals surface area (Å²) in [4.78, 5) is 0. The van der Waals surface area contributed by atoms with E-state index in [1.165, 1.54) is 25.7 Å². The first kappa shape index (κ1) is 20.6. The fraction of sp³-hybridized carbons (Fsp3) is 0.636. The predicted octanol–water partition coefficient (Wildman–Crippen LogP) is 6.54. The van der Waals surface area contributed by atoms with Crippen LogP contribution in [0.15, 0.2) is 25.3 Å². The summed E-state index contributed by atoms with van der Waals surface area (Å²) in [5, 5.41) is 0. The van der Waals surface area contributed by atoms with Crippen LogP contribution in [0.5, 0.6) is 0 Å². The minimum atomic E-state index is 0.482. The van der Waals surface area contributed by atoms with Crippen LogP contribution in [0.2, 0.25) is 0 Å². The molecule has 0 amide bonds. The van der Waals surface area contributed by atoms with Gasteiger partial charge >= 0.3 is 0 Å². The van der Waals surface area contributed by atoms with E-state index < -0.39 is 0 Å². The summed E-state index contributed by atoms with van der Waals surface area (Å²) in [6, 6.07) is 0. The van der Waals surface area contributed by atoms with Crippen LogP contribution in [0, 0.1) is 35.5 Å². The van der Waals surface area contributed by atoms with Crippen molar-refractivity contribution in [2.24, 2.45) is 11.8 Å². The molecule has 0 aliphatic heterocycles. The molecule has 122 valence electrons. The van der Waals surface area contributed by atoms with Crippen LogP contribution in [0.4, 0.5) is 0 Å². The highest BCUT2D eigenvalue weighted by Crippen LogP contribution is 2.24. The Morgan fingerprint density at radius 3 is 1.36 bits per heavy atom.